The van der Waals surface area contributed by atoms with Gasteiger partial charge in [0, 0.05) is 13.0 Å². The second-order valence-corrected chi connectivity index (χ2v) is 3.00. The Morgan fingerprint density at radius 1 is 1.50 bits per heavy atom. The van der Waals surface area contributed by atoms with Gasteiger partial charge in [0.2, 0.25) is 5.91 Å². The van der Waals surface area contributed by atoms with Gasteiger partial charge < -0.3 is 15.2 Å². The predicted octanol–water partition coefficient (Wildman–Crippen LogP) is 1.25. The number of ether oxygens (including phenoxy) is 1. The molecule has 1 amide bonds. The van der Waals surface area contributed by atoms with E-state index in [9.17, 15) is 14.0 Å². The number of carboxylic acids is 1. The average molecular weight is 227 g/mol. The summed E-state index contributed by atoms with van der Waals surface area (Å²) in [6.07, 6.45) is 0. The summed E-state index contributed by atoms with van der Waals surface area (Å²) in [6.45, 7) is 0.681. The Bertz CT molecular complexity index is 419. The molecule has 6 heteroatoms. The summed E-state index contributed by atoms with van der Waals surface area (Å²) in [5, 5.41) is 10.8. The van der Waals surface area contributed by atoms with E-state index in [1.165, 1.54) is 13.0 Å². The van der Waals surface area contributed by atoms with Crippen LogP contribution in [0.4, 0.5) is 10.1 Å². The number of anilines is 1. The van der Waals surface area contributed by atoms with E-state index in [2.05, 4.69) is 5.32 Å². The van der Waals surface area contributed by atoms with Gasteiger partial charge in [0.1, 0.15) is 11.6 Å². The lowest BCUT2D eigenvalue weighted by molar-refractivity contribution is -0.139. The largest absolute Gasteiger partial charge is 0.480 e. The minimum atomic E-state index is -1.18. The number of benzene rings is 1. The maximum Gasteiger partial charge on any atom is 0.341 e. The number of rotatable bonds is 4. The smallest absolute Gasteiger partial charge is 0.341 e. The summed E-state index contributed by atoms with van der Waals surface area (Å²) in [4.78, 5) is 21.1. The van der Waals surface area contributed by atoms with Gasteiger partial charge in [-0.25, -0.2) is 9.18 Å². The molecule has 0 bridgehead atoms. The van der Waals surface area contributed by atoms with E-state index < -0.39 is 18.4 Å². The van der Waals surface area contributed by atoms with Crippen LogP contribution in [0.2, 0.25) is 0 Å². The van der Waals surface area contributed by atoms with Crippen molar-refractivity contribution in [2.75, 3.05) is 11.9 Å². The number of carbonyl (C=O) groups is 2. The Labute approximate surface area is 90.8 Å². The van der Waals surface area contributed by atoms with Crippen molar-refractivity contribution < 1.29 is 23.8 Å². The van der Waals surface area contributed by atoms with Crippen molar-refractivity contribution in [3.63, 3.8) is 0 Å². The molecular weight excluding hydrogens is 217 g/mol. The second-order valence-electron chi connectivity index (χ2n) is 3.00. The molecule has 0 spiro atoms. The molecule has 0 aliphatic heterocycles. The van der Waals surface area contributed by atoms with E-state index in [1.54, 1.807) is 0 Å². The minimum absolute atomic E-state index is 0.0161. The number of amides is 1. The third-order valence-corrected chi connectivity index (χ3v) is 1.61. The van der Waals surface area contributed by atoms with Crippen LogP contribution in [-0.4, -0.2) is 23.6 Å². The van der Waals surface area contributed by atoms with Gasteiger partial charge in [-0.3, -0.25) is 4.79 Å². The molecule has 1 rings (SSSR count). The lowest BCUT2D eigenvalue weighted by atomic mass is 10.3. The van der Waals surface area contributed by atoms with Crippen molar-refractivity contribution in [3.8, 4) is 5.75 Å². The fourth-order valence-electron chi connectivity index (χ4n) is 1.05. The summed E-state index contributed by atoms with van der Waals surface area (Å²) in [5.74, 6) is -2.13. The van der Waals surface area contributed by atoms with Gasteiger partial charge in [-0.05, 0) is 12.1 Å². The highest BCUT2D eigenvalue weighted by atomic mass is 19.1. The Morgan fingerprint density at radius 2 is 2.19 bits per heavy atom. The first kappa shape index (κ1) is 12.0. The highest BCUT2D eigenvalue weighted by Crippen LogP contribution is 2.25. The number of hydrogen-bond acceptors (Lipinski definition) is 3. The molecular formula is C10H10FNO4. The quantitative estimate of drug-likeness (QED) is 0.811. The molecule has 0 fully saturated rings. The molecule has 16 heavy (non-hydrogen) atoms. The lowest BCUT2D eigenvalue weighted by Crippen LogP contribution is -2.12. The normalized spacial score (nSPS) is 9.62. The highest BCUT2D eigenvalue weighted by Gasteiger charge is 2.08. The molecule has 0 atom stereocenters. The molecule has 1 aromatic rings. The van der Waals surface area contributed by atoms with Gasteiger partial charge in [-0.15, -0.1) is 0 Å². The standard InChI is InChI=1S/C10H10FNO4/c1-6(13)12-8-3-2-7(11)4-9(8)16-5-10(14)15/h2-4H,5H2,1H3,(H,12,13)(H,14,15). The number of hydrogen-bond donors (Lipinski definition) is 2. The van der Waals surface area contributed by atoms with Gasteiger partial charge in [-0.2, -0.15) is 0 Å². The maximum absolute atomic E-state index is 12.9. The predicted molar refractivity (Wildman–Crippen MR) is 53.8 cm³/mol. The highest BCUT2D eigenvalue weighted by molar-refractivity contribution is 5.90. The first-order chi connectivity index (χ1) is 7.49. The molecule has 0 saturated carbocycles. The number of carbonyl (C=O) groups excluding carboxylic acids is 1. The first-order valence-electron chi connectivity index (χ1n) is 4.41. The summed E-state index contributed by atoms with van der Waals surface area (Å²) in [6, 6.07) is 3.45. The molecule has 0 saturated heterocycles. The van der Waals surface area contributed by atoms with Gasteiger partial charge in [0.15, 0.2) is 6.61 Å². The SMILES string of the molecule is CC(=O)Nc1ccc(F)cc1OCC(=O)O. The van der Waals surface area contributed by atoms with Crippen molar-refractivity contribution in [1.82, 2.24) is 0 Å². The first-order valence-corrected chi connectivity index (χ1v) is 4.41. The van der Waals surface area contributed by atoms with Crippen molar-refractivity contribution in [2.45, 2.75) is 6.92 Å². The molecule has 0 aliphatic carbocycles. The number of nitrogens with one attached hydrogen (secondary N) is 1. The van der Waals surface area contributed by atoms with Crippen LogP contribution in [0.3, 0.4) is 0 Å². The summed E-state index contributed by atoms with van der Waals surface area (Å²) < 4.78 is 17.7. The number of aliphatic carboxylic acids is 1. The molecule has 0 radical (unpaired) electrons. The van der Waals surface area contributed by atoms with E-state index in [-0.39, 0.29) is 17.3 Å². The monoisotopic (exact) mass is 227 g/mol. The Hall–Kier alpha value is -2.11. The topological polar surface area (TPSA) is 75.6 Å². The fraction of sp³-hybridized carbons (Fsp3) is 0.200. The molecule has 0 unspecified atom stereocenters. The lowest BCUT2D eigenvalue weighted by Gasteiger charge is -2.10. The molecule has 2 N–H and O–H groups in total. The maximum atomic E-state index is 12.9. The van der Waals surface area contributed by atoms with Crippen LogP contribution >= 0.6 is 0 Å². The van der Waals surface area contributed by atoms with Crippen LogP contribution in [0.15, 0.2) is 18.2 Å². The molecule has 0 heterocycles. The van der Waals surface area contributed by atoms with Crippen LogP contribution in [0.1, 0.15) is 6.92 Å². The van der Waals surface area contributed by atoms with E-state index in [1.807, 2.05) is 0 Å². The zero-order valence-electron chi connectivity index (χ0n) is 8.49. The van der Waals surface area contributed by atoms with Crippen LogP contribution in [0.25, 0.3) is 0 Å². The molecule has 0 aromatic heterocycles. The molecule has 1 aromatic carbocycles. The summed E-state index contributed by atoms with van der Waals surface area (Å²) in [7, 11) is 0. The average Bonchev–Trinajstić information content (AvgIpc) is 2.17. The third kappa shape index (κ3) is 3.56. The molecule has 5 nitrogen and oxygen atoms in total. The van der Waals surface area contributed by atoms with Gasteiger partial charge in [-0.1, -0.05) is 0 Å². The van der Waals surface area contributed by atoms with Crippen LogP contribution in [0.5, 0.6) is 5.75 Å². The number of halogens is 1. The summed E-state index contributed by atoms with van der Waals surface area (Å²) in [5.41, 5.74) is 0.232. The van der Waals surface area contributed by atoms with Crippen LogP contribution in [0, 0.1) is 5.82 Å². The van der Waals surface area contributed by atoms with Crippen molar-refractivity contribution in [1.29, 1.82) is 0 Å². The molecule has 0 aliphatic rings. The summed E-state index contributed by atoms with van der Waals surface area (Å²) >= 11 is 0. The Balaban J connectivity index is 2.89. The molecule has 86 valence electrons. The van der Waals surface area contributed by atoms with E-state index in [0.717, 1.165) is 12.1 Å². The van der Waals surface area contributed by atoms with Crippen molar-refractivity contribution in [2.24, 2.45) is 0 Å². The van der Waals surface area contributed by atoms with E-state index >= 15 is 0 Å². The van der Waals surface area contributed by atoms with E-state index in [0.29, 0.717) is 0 Å². The van der Waals surface area contributed by atoms with Crippen LogP contribution < -0.4 is 10.1 Å². The van der Waals surface area contributed by atoms with Crippen LogP contribution in [-0.2, 0) is 9.59 Å². The third-order valence-electron chi connectivity index (χ3n) is 1.61. The zero-order valence-corrected chi connectivity index (χ0v) is 8.49. The zero-order chi connectivity index (χ0) is 12.1. The van der Waals surface area contributed by atoms with Gasteiger partial charge in [0.25, 0.3) is 0 Å². The Kier molecular flexibility index (Phi) is 3.82. The second kappa shape index (κ2) is 5.11. The number of carboxylic acid groups (broad SMARTS) is 1. The van der Waals surface area contributed by atoms with Gasteiger partial charge in [0.05, 0.1) is 5.69 Å². The van der Waals surface area contributed by atoms with E-state index in [4.69, 9.17) is 9.84 Å². The van der Waals surface area contributed by atoms with Crippen molar-refractivity contribution >= 4 is 17.6 Å². The Morgan fingerprint density at radius 3 is 2.75 bits per heavy atom. The van der Waals surface area contributed by atoms with Crippen molar-refractivity contribution in [3.05, 3.63) is 24.0 Å². The minimum Gasteiger partial charge on any atom is -0.480 e. The van der Waals surface area contributed by atoms with Gasteiger partial charge >= 0.3 is 5.97 Å². The fourth-order valence-corrected chi connectivity index (χ4v) is 1.05.